The Morgan fingerprint density at radius 1 is 1.50 bits per heavy atom. The molecule has 0 saturated heterocycles. The number of hydrogen-bond donors (Lipinski definition) is 1. The van der Waals surface area contributed by atoms with Crippen LogP contribution in [0.1, 0.15) is 16.1 Å². The second kappa shape index (κ2) is 4.58. The Morgan fingerprint density at radius 3 is 2.78 bits per heavy atom. The number of halogens is 2. The highest BCUT2D eigenvalue weighted by Gasteiger charge is 2.15. The molecule has 0 fully saturated rings. The topological polar surface area (TPSA) is 78.9 Å². The molecule has 0 unspecified atom stereocenters. The molecule has 0 atom stereocenters. The Bertz CT molecular complexity index is 675. The van der Waals surface area contributed by atoms with Gasteiger partial charge in [-0.05, 0) is 34.1 Å². The monoisotopic (exact) mass is 309 g/mol. The molecule has 1 N–H and O–H groups in total. The van der Waals surface area contributed by atoms with Crippen molar-refractivity contribution in [3.8, 4) is 11.8 Å². The Hall–Kier alpha value is -2.20. The molecule has 18 heavy (non-hydrogen) atoms. The largest absolute Gasteiger partial charge is 0.476 e. The van der Waals surface area contributed by atoms with E-state index in [1.165, 1.54) is 24.4 Å². The summed E-state index contributed by atoms with van der Waals surface area (Å²) in [6.45, 7) is 0. The molecule has 0 bridgehead atoms. The molecular weight excluding hydrogens is 305 g/mol. The van der Waals surface area contributed by atoms with E-state index in [-0.39, 0.29) is 21.4 Å². The van der Waals surface area contributed by atoms with E-state index in [2.05, 4.69) is 21.0 Å². The maximum atomic E-state index is 13.9. The quantitative estimate of drug-likeness (QED) is 0.923. The number of carboxylic acids is 1. The summed E-state index contributed by atoms with van der Waals surface area (Å²) in [6, 6.07) is 5.87. The molecular formula is C11H5BrFN3O2. The second-order valence-electron chi connectivity index (χ2n) is 3.32. The average molecular weight is 310 g/mol. The van der Waals surface area contributed by atoms with Gasteiger partial charge in [0.1, 0.15) is 11.8 Å². The van der Waals surface area contributed by atoms with Gasteiger partial charge in [0, 0.05) is 6.20 Å². The number of rotatable bonds is 2. The van der Waals surface area contributed by atoms with Crippen molar-refractivity contribution >= 4 is 21.9 Å². The van der Waals surface area contributed by atoms with E-state index in [4.69, 9.17) is 10.4 Å². The maximum Gasteiger partial charge on any atom is 0.356 e. The minimum absolute atomic E-state index is 0.0230. The zero-order valence-electron chi connectivity index (χ0n) is 8.76. The predicted molar refractivity (Wildman–Crippen MR) is 62.9 cm³/mol. The van der Waals surface area contributed by atoms with Crippen molar-refractivity contribution in [3.05, 3.63) is 45.9 Å². The lowest BCUT2D eigenvalue weighted by Gasteiger charge is -2.05. The zero-order valence-corrected chi connectivity index (χ0v) is 10.3. The van der Waals surface area contributed by atoms with Crippen LogP contribution >= 0.6 is 15.9 Å². The Kier molecular flexibility index (Phi) is 3.12. The van der Waals surface area contributed by atoms with Crippen LogP contribution in [0.4, 0.5) is 4.39 Å². The van der Waals surface area contributed by atoms with E-state index in [9.17, 15) is 9.18 Å². The first-order valence-electron chi connectivity index (χ1n) is 4.72. The minimum Gasteiger partial charge on any atom is -0.476 e. The molecule has 0 aliphatic heterocycles. The molecule has 0 aliphatic carbocycles. The maximum absolute atomic E-state index is 13.9. The van der Waals surface area contributed by atoms with Gasteiger partial charge in [-0.1, -0.05) is 0 Å². The van der Waals surface area contributed by atoms with E-state index in [1.807, 2.05) is 6.07 Å². The highest BCUT2D eigenvalue weighted by molar-refractivity contribution is 9.10. The van der Waals surface area contributed by atoms with Gasteiger partial charge in [-0.15, -0.1) is 0 Å². The zero-order chi connectivity index (χ0) is 13.3. The van der Waals surface area contributed by atoms with Gasteiger partial charge >= 0.3 is 5.97 Å². The number of benzene rings is 1. The van der Waals surface area contributed by atoms with Gasteiger partial charge in [-0.2, -0.15) is 10.4 Å². The molecule has 1 aromatic carbocycles. The lowest BCUT2D eigenvalue weighted by molar-refractivity contribution is 0.0690. The minimum atomic E-state index is -1.19. The molecule has 1 aromatic heterocycles. The third-order valence-corrected chi connectivity index (χ3v) is 3.01. The van der Waals surface area contributed by atoms with E-state index in [0.29, 0.717) is 0 Å². The molecule has 0 saturated carbocycles. The molecule has 0 radical (unpaired) electrons. The van der Waals surface area contributed by atoms with Gasteiger partial charge in [-0.25, -0.2) is 13.9 Å². The average Bonchev–Trinajstić information content (AvgIpc) is 2.82. The van der Waals surface area contributed by atoms with E-state index >= 15 is 0 Å². The second-order valence-corrected chi connectivity index (χ2v) is 4.12. The Balaban J connectivity index is 2.55. The van der Waals surface area contributed by atoms with Crippen LogP contribution < -0.4 is 0 Å². The fourth-order valence-electron chi connectivity index (χ4n) is 1.37. The first kappa shape index (κ1) is 12.3. The predicted octanol–water partition coefficient (Wildman–Crippen LogP) is 2.34. The van der Waals surface area contributed by atoms with Crippen molar-refractivity contribution in [2.45, 2.75) is 0 Å². The lowest BCUT2D eigenvalue weighted by Crippen LogP contribution is -2.03. The standard InChI is InChI=1S/C11H5BrFN3O2/c12-9-6(5-14)1-2-8(10(9)13)16-4-3-7(15-16)11(17)18/h1-4H,(H,17,18). The summed E-state index contributed by atoms with van der Waals surface area (Å²) < 4.78 is 15.1. The van der Waals surface area contributed by atoms with Gasteiger partial charge in [-0.3, -0.25) is 0 Å². The van der Waals surface area contributed by atoms with E-state index in [0.717, 1.165) is 4.68 Å². The van der Waals surface area contributed by atoms with Crippen LogP contribution in [0.15, 0.2) is 28.9 Å². The van der Waals surface area contributed by atoms with Gasteiger partial charge in [0.05, 0.1) is 10.0 Å². The molecule has 2 aromatic rings. The van der Waals surface area contributed by atoms with E-state index in [1.54, 1.807) is 0 Å². The van der Waals surface area contributed by atoms with Crippen LogP contribution in [0, 0.1) is 17.1 Å². The molecule has 90 valence electrons. The molecule has 2 rings (SSSR count). The highest BCUT2D eigenvalue weighted by atomic mass is 79.9. The normalized spacial score (nSPS) is 10.1. The number of nitriles is 1. The Labute approximate surface area is 109 Å². The van der Waals surface area contributed by atoms with E-state index < -0.39 is 11.8 Å². The smallest absolute Gasteiger partial charge is 0.356 e. The van der Waals surface area contributed by atoms with Crippen LogP contribution in [0.5, 0.6) is 0 Å². The summed E-state index contributed by atoms with van der Waals surface area (Å²) in [6.07, 6.45) is 1.33. The summed E-state index contributed by atoms with van der Waals surface area (Å²) >= 11 is 2.97. The lowest BCUT2D eigenvalue weighted by atomic mass is 10.2. The molecule has 0 amide bonds. The van der Waals surface area contributed by atoms with Gasteiger partial charge < -0.3 is 5.11 Å². The van der Waals surface area contributed by atoms with Crippen molar-refractivity contribution in [1.82, 2.24) is 9.78 Å². The summed E-state index contributed by atoms with van der Waals surface area (Å²) in [4.78, 5) is 10.7. The summed E-state index contributed by atoms with van der Waals surface area (Å²) in [5.41, 5.74) is 0.0325. The van der Waals surface area contributed by atoms with Crippen LogP contribution in [0.2, 0.25) is 0 Å². The molecule has 0 aliphatic rings. The van der Waals surface area contributed by atoms with Crippen LogP contribution in [-0.2, 0) is 0 Å². The SMILES string of the molecule is N#Cc1ccc(-n2ccc(C(=O)O)n2)c(F)c1Br. The number of aromatic carboxylic acids is 1. The van der Waals surface area contributed by atoms with Crippen molar-refractivity contribution in [2.24, 2.45) is 0 Å². The summed E-state index contributed by atoms with van der Waals surface area (Å²) in [5, 5.41) is 21.2. The Morgan fingerprint density at radius 2 is 2.22 bits per heavy atom. The summed E-state index contributed by atoms with van der Waals surface area (Å²) in [5.74, 6) is -1.86. The molecule has 1 heterocycles. The number of carbonyl (C=O) groups is 1. The van der Waals surface area contributed by atoms with Crippen molar-refractivity contribution in [2.75, 3.05) is 0 Å². The van der Waals surface area contributed by atoms with Crippen LogP contribution in [-0.4, -0.2) is 20.9 Å². The highest BCUT2D eigenvalue weighted by Crippen LogP contribution is 2.25. The van der Waals surface area contributed by atoms with Crippen LogP contribution in [0.25, 0.3) is 5.69 Å². The van der Waals surface area contributed by atoms with Crippen LogP contribution in [0.3, 0.4) is 0 Å². The van der Waals surface area contributed by atoms with Gasteiger partial charge in [0.15, 0.2) is 11.5 Å². The fourth-order valence-corrected chi connectivity index (χ4v) is 1.80. The van der Waals surface area contributed by atoms with Crippen molar-refractivity contribution < 1.29 is 14.3 Å². The van der Waals surface area contributed by atoms with Crippen molar-refractivity contribution in [1.29, 1.82) is 5.26 Å². The van der Waals surface area contributed by atoms with Gasteiger partial charge in [0.25, 0.3) is 0 Å². The number of hydrogen-bond acceptors (Lipinski definition) is 3. The third kappa shape index (κ3) is 1.98. The number of aromatic nitrogens is 2. The fraction of sp³-hybridized carbons (Fsp3) is 0. The molecule has 7 heteroatoms. The summed E-state index contributed by atoms with van der Waals surface area (Å²) in [7, 11) is 0. The molecule has 5 nitrogen and oxygen atoms in total. The first-order valence-corrected chi connectivity index (χ1v) is 5.51. The van der Waals surface area contributed by atoms with Crippen molar-refractivity contribution in [3.63, 3.8) is 0 Å². The number of nitrogens with zero attached hydrogens (tertiary/aromatic N) is 3. The molecule has 0 spiro atoms. The number of carboxylic acid groups (broad SMARTS) is 1. The van der Waals surface area contributed by atoms with Gasteiger partial charge in [0.2, 0.25) is 0 Å². The third-order valence-electron chi connectivity index (χ3n) is 2.24. The first-order chi connectivity index (χ1) is 8.54.